The molecule has 7 nitrogen and oxygen atoms in total. The summed E-state index contributed by atoms with van der Waals surface area (Å²) in [4.78, 5) is 16.3. The van der Waals surface area contributed by atoms with Crippen LogP contribution >= 0.6 is 0 Å². The average molecular weight is 371 g/mol. The van der Waals surface area contributed by atoms with Crippen LogP contribution in [-0.2, 0) is 23.1 Å². The molecule has 3 rings (SSSR count). The monoisotopic (exact) mass is 371 g/mol. The molecule has 2 N–H and O–H groups in total. The number of amides is 1. The molecule has 0 unspecified atom stereocenters. The summed E-state index contributed by atoms with van der Waals surface area (Å²) in [6, 6.07) is 14.6. The molecule has 1 aromatic carbocycles. The predicted octanol–water partition coefficient (Wildman–Crippen LogP) is 2.08. The molecule has 0 radical (unpaired) electrons. The van der Waals surface area contributed by atoms with Crippen molar-refractivity contribution in [2.75, 3.05) is 0 Å². The van der Waals surface area contributed by atoms with Gasteiger partial charge in [0.1, 0.15) is 5.76 Å². The van der Waals surface area contributed by atoms with Crippen LogP contribution in [0.25, 0.3) is 0 Å². The number of nitrogens with zero attached hydrogens (tertiary/aromatic N) is 1. The van der Waals surface area contributed by atoms with Crippen molar-refractivity contribution >= 4 is 15.9 Å². The van der Waals surface area contributed by atoms with E-state index in [9.17, 15) is 13.2 Å². The highest BCUT2D eigenvalue weighted by molar-refractivity contribution is 7.89. The summed E-state index contributed by atoms with van der Waals surface area (Å²) in [6.45, 7) is 0.291. The van der Waals surface area contributed by atoms with Crippen molar-refractivity contribution in [2.45, 2.75) is 18.0 Å². The average Bonchev–Trinajstić information content (AvgIpc) is 3.19. The number of benzene rings is 1. The first-order valence-electron chi connectivity index (χ1n) is 7.85. The Bertz CT molecular complexity index is 971. The number of carbonyl (C=O) groups excluding carboxylic acids is 1. The van der Waals surface area contributed by atoms with Gasteiger partial charge in [0, 0.05) is 11.8 Å². The van der Waals surface area contributed by atoms with Gasteiger partial charge >= 0.3 is 0 Å². The van der Waals surface area contributed by atoms with Crippen LogP contribution in [0.2, 0.25) is 0 Å². The molecule has 0 atom stereocenters. The summed E-state index contributed by atoms with van der Waals surface area (Å²) in [6.07, 6.45) is 3.11. The maximum atomic E-state index is 12.4. The second-order valence-electron chi connectivity index (χ2n) is 5.44. The minimum atomic E-state index is -3.76. The standard InChI is InChI=1S/C18H17N3O4S/c22-18(20-13-16-7-4-10-25-16)14-5-3-8-17(11-14)26(23,24)21-12-15-6-1-2-9-19-15/h1-11,21H,12-13H2,(H,20,22). The number of sulfonamides is 1. The fourth-order valence-corrected chi connectivity index (χ4v) is 3.29. The van der Waals surface area contributed by atoms with Crippen LogP contribution in [0.5, 0.6) is 0 Å². The number of aromatic nitrogens is 1. The Morgan fingerprint density at radius 1 is 1.04 bits per heavy atom. The molecule has 134 valence electrons. The van der Waals surface area contributed by atoms with E-state index >= 15 is 0 Å². The maximum absolute atomic E-state index is 12.4. The Labute approximate surface area is 151 Å². The van der Waals surface area contributed by atoms with Gasteiger partial charge in [0.15, 0.2) is 0 Å². The van der Waals surface area contributed by atoms with Crippen LogP contribution in [0.1, 0.15) is 21.8 Å². The van der Waals surface area contributed by atoms with Crippen LogP contribution in [0.15, 0.2) is 76.4 Å². The molecule has 0 bridgehead atoms. The highest BCUT2D eigenvalue weighted by Gasteiger charge is 2.16. The van der Waals surface area contributed by atoms with Crippen LogP contribution in [0.3, 0.4) is 0 Å². The van der Waals surface area contributed by atoms with Gasteiger partial charge in [-0.3, -0.25) is 9.78 Å². The van der Waals surface area contributed by atoms with Crippen LogP contribution in [0, 0.1) is 0 Å². The van der Waals surface area contributed by atoms with Gasteiger partial charge < -0.3 is 9.73 Å². The second kappa shape index (κ2) is 7.94. The fraction of sp³-hybridized carbons (Fsp3) is 0.111. The molecule has 0 spiro atoms. The first-order chi connectivity index (χ1) is 12.5. The SMILES string of the molecule is O=C(NCc1ccco1)c1cccc(S(=O)(=O)NCc2ccccn2)c1. The molecule has 2 aromatic heterocycles. The summed E-state index contributed by atoms with van der Waals surface area (Å²) in [5, 5.41) is 2.68. The Kier molecular flexibility index (Phi) is 5.45. The van der Waals surface area contributed by atoms with Gasteiger partial charge in [-0.2, -0.15) is 0 Å². The molecule has 0 aliphatic rings. The molecule has 2 heterocycles. The highest BCUT2D eigenvalue weighted by Crippen LogP contribution is 2.12. The van der Waals surface area contributed by atoms with Gasteiger partial charge in [-0.25, -0.2) is 13.1 Å². The van der Waals surface area contributed by atoms with Gasteiger partial charge in [-0.05, 0) is 42.5 Å². The lowest BCUT2D eigenvalue weighted by atomic mass is 10.2. The van der Waals surface area contributed by atoms with E-state index in [2.05, 4.69) is 15.0 Å². The first kappa shape index (κ1) is 17.8. The third-order valence-corrected chi connectivity index (χ3v) is 4.98. The zero-order valence-electron chi connectivity index (χ0n) is 13.8. The van der Waals surface area contributed by atoms with E-state index < -0.39 is 10.0 Å². The second-order valence-corrected chi connectivity index (χ2v) is 7.20. The molecule has 0 fully saturated rings. The van der Waals surface area contributed by atoms with E-state index in [1.165, 1.54) is 24.5 Å². The molecule has 0 aliphatic heterocycles. The summed E-state index contributed by atoms with van der Waals surface area (Å²) in [5.74, 6) is 0.224. The number of nitrogens with one attached hydrogen (secondary N) is 2. The number of hydrogen-bond donors (Lipinski definition) is 2. The minimum Gasteiger partial charge on any atom is -0.467 e. The smallest absolute Gasteiger partial charge is 0.251 e. The Morgan fingerprint density at radius 3 is 2.65 bits per heavy atom. The summed E-state index contributed by atoms with van der Waals surface area (Å²) in [5.41, 5.74) is 0.848. The topological polar surface area (TPSA) is 101 Å². The Balaban J connectivity index is 1.68. The minimum absolute atomic E-state index is 0.0130. The summed E-state index contributed by atoms with van der Waals surface area (Å²) in [7, 11) is -3.76. The number of carbonyl (C=O) groups is 1. The molecular weight excluding hydrogens is 354 g/mol. The fourth-order valence-electron chi connectivity index (χ4n) is 2.24. The quantitative estimate of drug-likeness (QED) is 0.662. The number of rotatable bonds is 7. The molecule has 0 aliphatic carbocycles. The van der Waals surface area contributed by atoms with Crippen molar-refractivity contribution in [3.8, 4) is 0 Å². The van der Waals surface area contributed by atoms with Crippen LogP contribution < -0.4 is 10.0 Å². The van der Waals surface area contributed by atoms with Crippen molar-refractivity contribution in [1.29, 1.82) is 0 Å². The van der Waals surface area contributed by atoms with E-state index in [4.69, 9.17) is 4.42 Å². The van der Waals surface area contributed by atoms with E-state index in [0.29, 0.717) is 11.5 Å². The van der Waals surface area contributed by atoms with Crippen molar-refractivity contribution in [3.63, 3.8) is 0 Å². The highest BCUT2D eigenvalue weighted by atomic mass is 32.2. The van der Waals surface area contributed by atoms with Gasteiger partial charge in [-0.15, -0.1) is 0 Å². The molecule has 26 heavy (non-hydrogen) atoms. The molecule has 0 saturated carbocycles. The molecule has 1 amide bonds. The third kappa shape index (κ3) is 4.56. The molecule has 8 heteroatoms. The van der Waals surface area contributed by atoms with Crippen LogP contribution in [-0.4, -0.2) is 19.3 Å². The lowest BCUT2D eigenvalue weighted by Crippen LogP contribution is -2.25. The maximum Gasteiger partial charge on any atom is 0.251 e. The molecule has 3 aromatic rings. The number of hydrogen-bond acceptors (Lipinski definition) is 5. The zero-order chi connectivity index (χ0) is 18.4. The van der Waals surface area contributed by atoms with Crippen LogP contribution in [0.4, 0.5) is 0 Å². The van der Waals surface area contributed by atoms with Gasteiger partial charge in [0.2, 0.25) is 10.0 Å². The molecule has 0 saturated heterocycles. The number of furan rings is 1. The van der Waals surface area contributed by atoms with Crippen molar-refractivity contribution in [1.82, 2.24) is 15.0 Å². The van der Waals surface area contributed by atoms with Crippen molar-refractivity contribution in [2.24, 2.45) is 0 Å². The Hall–Kier alpha value is -2.97. The summed E-state index contributed by atoms with van der Waals surface area (Å²) < 4.78 is 32.5. The number of pyridine rings is 1. The van der Waals surface area contributed by atoms with Gasteiger partial charge in [0.05, 0.1) is 29.9 Å². The van der Waals surface area contributed by atoms with E-state index in [1.807, 2.05) is 0 Å². The normalized spacial score (nSPS) is 11.2. The van der Waals surface area contributed by atoms with E-state index in [1.54, 1.807) is 42.6 Å². The van der Waals surface area contributed by atoms with Crippen molar-refractivity contribution in [3.05, 3.63) is 84.1 Å². The van der Waals surface area contributed by atoms with Gasteiger partial charge in [-0.1, -0.05) is 12.1 Å². The summed E-state index contributed by atoms with van der Waals surface area (Å²) >= 11 is 0. The van der Waals surface area contributed by atoms with Gasteiger partial charge in [0.25, 0.3) is 5.91 Å². The Morgan fingerprint density at radius 2 is 1.92 bits per heavy atom. The first-order valence-corrected chi connectivity index (χ1v) is 9.33. The third-order valence-electron chi connectivity index (χ3n) is 3.58. The largest absolute Gasteiger partial charge is 0.467 e. The lowest BCUT2D eigenvalue weighted by Gasteiger charge is -2.08. The lowest BCUT2D eigenvalue weighted by molar-refractivity contribution is 0.0948. The van der Waals surface area contributed by atoms with E-state index in [-0.39, 0.29) is 29.5 Å². The predicted molar refractivity (Wildman–Crippen MR) is 94.6 cm³/mol. The molecular formula is C18H17N3O4S. The van der Waals surface area contributed by atoms with E-state index in [0.717, 1.165) is 0 Å². The van der Waals surface area contributed by atoms with Crippen molar-refractivity contribution < 1.29 is 17.6 Å². The zero-order valence-corrected chi connectivity index (χ0v) is 14.6.